The SMILES string of the molecule is CCN(CC)N(c1ccccc1C)C1(NC(C)=O)C(=O)N(c2ccccc2)NC1=Nc1ccccc1Cl. The smallest absolute Gasteiger partial charge is 0.302 e. The molecule has 1 heterocycles. The minimum absolute atomic E-state index is 0.222. The zero-order valence-electron chi connectivity index (χ0n) is 21.4. The number of benzene rings is 3. The zero-order chi connectivity index (χ0) is 26.6. The molecule has 1 atom stereocenters. The first-order valence-electron chi connectivity index (χ1n) is 12.2. The summed E-state index contributed by atoms with van der Waals surface area (Å²) >= 11 is 6.49. The van der Waals surface area contributed by atoms with Crippen LogP contribution in [0.3, 0.4) is 0 Å². The number of para-hydroxylation sites is 3. The van der Waals surface area contributed by atoms with E-state index in [1.165, 1.54) is 11.9 Å². The fourth-order valence-electron chi connectivity index (χ4n) is 4.49. The summed E-state index contributed by atoms with van der Waals surface area (Å²) in [5.41, 5.74) is 4.24. The average Bonchev–Trinajstić information content (AvgIpc) is 3.16. The number of hydrogen-bond donors (Lipinski definition) is 2. The number of aliphatic imine (C=N–C) groups is 1. The molecule has 9 heteroatoms. The summed E-state index contributed by atoms with van der Waals surface area (Å²) in [6.45, 7) is 8.52. The summed E-state index contributed by atoms with van der Waals surface area (Å²) in [5.74, 6) is -0.572. The predicted molar refractivity (Wildman–Crippen MR) is 149 cm³/mol. The van der Waals surface area contributed by atoms with Crippen LogP contribution < -0.4 is 20.8 Å². The minimum atomic E-state index is -1.72. The molecule has 2 N–H and O–H groups in total. The van der Waals surface area contributed by atoms with Gasteiger partial charge < -0.3 is 5.32 Å². The van der Waals surface area contributed by atoms with Crippen molar-refractivity contribution in [2.75, 3.05) is 23.1 Å². The van der Waals surface area contributed by atoms with Crippen molar-refractivity contribution < 1.29 is 9.59 Å². The monoisotopic (exact) mass is 518 g/mol. The molecule has 3 aromatic carbocycles. The van der Waals surface area contributed by atoms with E-state index in [2.05, 4.69) is 10.7 Å². The molecular formula is C28H31ClN6O2. The van der Waals surface area contributed by atoms with Gasteiger partial charge >= 0.3 is 5.91 Å². The number of hydrogen-bond acceptors (Lipinski definition) is 5. The highest BCUT2D eigenvalue weighted by molar-refractivity contribution is 6.33. The molecule has 8 nitrogen and oxygen atoms in total. The standard InChI is InChI=1S/C28H31ClN6O2/c1-5-33(6-2)35(25-19-13-10-14-20(25)3)28(31-21(4)36)26(30-24-18-12-11-17-23(24)29)32-34(27(28)37)22-15-8-7-9-16-22/h7-19H,5-6H2,1-4H3,(H,30,32)(H,31,36). The van der Waals surface area contributed by atoms with E-state index in [9.17, 15) is 9.59 Å². The van der Waals surface area contributed by atoms with Gasteiger partial charge in [-0.15, -0.1) is 0 Å². The van der Waals surface area contributed by atoms with E-state index in [0.717, 1.165) is 11.3 Å². The van der Waals surface area contributed by atoms with Crippen molar-refractivity contribution in [1.82, 2.24) is 15.8 Å². The lowest BCUT2D eigenvalue weighted by Gasteiger charge is -2.46. The summed E-state index contributed by atoms with van der Waals surface area (Å²) in [7, 11) is 0. The van der Waals surface area contributed by atoms with Crippen molar-refractivity contribution in [2.24, 2.45) is 4.99 Å². The lowest BCUT2D eigenvalue weighted by atomic mass is 10.0. The van der Waals surface area contributed by atoms with Crippen molar-refractivity contribution in [2.45, 2.75) is 33.4 Å². The van der Waals surface area contributed by atoms with E-state index < -0.39 is 11.6 Å². The van der Waals surface area contributed by atoms with Crippen molar-refractivity contribution in [3.8, 4) is 0 Å². The van der Waals surface area contributed by atoms with Crippen LogP contribution in [0.4, 0.5) is 17.1 Å². The maximum absolute atomic E-state index is 14.6. The first-order chi connectivity index (χ1) is 17.8. The van der Waals surface area contributed by atoms with E-state index >= 15 is 0 Å². The first-order valence-corrected chi connectivity index (χ1v) is 12.6. The maximum Gasteiger partial charge on any atom is 0.302 e. The number of halogens is 1. The van der Waals surface area contributed by atoms with Gasteiger partial charge in [0.2, 0.25) is 5.91 Å². The second-order valence-corrected chi connectivity index (χ2v) is 9.04. The number of nitrogens with one attached hydrogen (secondary N) is 2. The molecule has 192 valence electrons. The van der Waals surface area contributed by atoms with E-state index in [0.29, 0.717) is 29.5 Å². The third-order valence-electron chi connectivity index (χ3n) is 6.20. The number of hydrazine groups is 2. The van der Waals surface area contributed by atoms with E-state index in [1.54, 1.807) is 12.1 Å². The number of carbonyl (C=O) groups excluding carboxylic acids is 2. The van der Waals surface area contributed by atoms with Gasteiger partial charge in [-0.1, -0.05) is 74.0 Å². The molecule has 1 saturated heterocycles. The molecule has 0 aliphatic carbocycles. The fourth-order valence-corrected chi connectivity index (χ4v) is 4.67. The molecule has 1 unspecified atom stereocenters. The van der Waals surface area contributed by atoms with Crippen molar-refractivity contribution in [1.29, 1.82) is 0 Å². The molecule has 0 saturated carbocycles. The topological polar surface area (TPSA) is 80.3 Å². The number of carbonyl (C=O) groups is 2. The van der Waals surface area contributed by atoms with Crippen LogP contribution in [0.2, 0.25) is 5.02 Å². The van der Waals surface area contributed by atoms with Crippen LogP contribution in [0.5, 0.6) is 0 Å². The number of amidine groups is 1. The molecule has 2 amide bonds. The van der Waals surface area contributed by atoms with E-state index in [1.807, 2.05) is 97.5 Å². The van der Waals surface area contributed by atoms with Crippen LogP contribution in [-0.2, 0) is 9.59 Å². The molecule has 37 heavy (non-hydrogen) atoms. The van der Waals surface area contributed by atoms with Crippen LogP contribution in [0.15, 0.2) is 83.9 Å². The van der Waals surface area contributed by atoms with Gasteiger partial charge in [-0.3, -0.25) is 20.0 Å². The predicted octanol–water partition coefficient (Wildman–Crippen LogP) is 4.83. The normalized spacial score (nSPS) is 18.3. The Hall–Kier alpha value is -3.88. The van der Waals surface area contributed by atoms with Crippen molar-refractivity contribution >= 4 is 46.3 Å². The largest absolute Gasteiger partial charge is 0.318 e. The highest BCUT2D eigenvalue weighted by Crippen LogP contribution is 2.36. The molecule has 4 rings (SSSR count). The Morgan fingerprint density at radius 1 is 1.00 bits per heavy atom. The molecular weight excluding hydrogens is 488 g/mol. The Balaban J connectivity index is 2.06. The Labute approximate surface area is 222 Å². The molecule has 1 aliphatic rings. The lowest BCUT2D eigenvalue weighted by Crippen LogP contribution is -2.73. The first kappa shape index (κ1) is 26.2. The Morgan fingerprint density at radius 2 is 1.62 bits per heavy atom. The van der Waals surface area contributed by atoms with Gasteiger partial charge in [-0.25, -0.2) is 15.0 Å². The van der Waals surface area contributed by atoms with Crippen molar-refractivity contribution in [3.63, 3.8) is 0 Å². The average molecular weight is 519 g/mol. The lowest BCUT2D eigenvalue weighted by molar-refractivity contribution is -0.128. The summed E-state index contributed by atoms with van der Waals surface area (Å²) in [6.07, 6.45) is 0. The van der Waals surface area contributed by atoms with E-state index in [4.69, 9.17) is 16.6 Å². The molecule has 3 aromatic rings. The van der Waals surface area contributed by atoms with Crippen LogP contribution >= 0.6 is 11.6 Å². The number of rotatable bonds is 8. The van der Waals surface area contributed by atoms with Gasteiger partial charge in [0.25, 0.3) is 5.66 Å². The molecule has 1 fully saturated rings. The molecule has 0 aromatic heterocycles. The minimum Gasteiger partial charge on any atom is -0.318 e. The third kappa shape index (κ3) is 4.90. The van der Waals surface area contributed by atoms with E-state index in [-0.39, 0.29) is 11.7 Å². The number of amides is 2. The van der Waals surface area contributed by atoms with Crippen molar-refractivity contribution in [3.05, 3.63) is 89.4 Å². The summed E-state index contributed by atoms with van der Waals surface area (Å²) in [6, 6.07) is 24.1. The van der Waals surface area contributed by atoms with Gasteiger partial charge in [-0.05, 0) is 42.8 Å². The molecule has 0 radical (unpaired) electrons. The quantitative estimate of drug-likeness (QED) is 0.330. The zero-order valence-corrected chi connectivity index (χ0v) is 22.2. The van der Waals surface area contributed by atoms with Crippen LogP contribution in [0.1, 0.15) is 26.3 Å². The maximum atomic E-state index is 14.6. The van der Waals surface area contributed by atoms with Gasteiger partial charge in [0, 0.05) is 20.0 Å². The molecule has 0 spiro atoms. The van der Waals surface area contributed by atoms with Crippen LogP contribution in [-0.4, -0.2) is 41.4 Å². The Kier molecular flexibility index (Phi) is 7.80. The summed E-state index contributed by atoms with van der Waals surface area (Å²) < 4.78 is 0. The van der Waals surface area contributed by atoms with Crippen LogP contribution in [0.25, 0.3) is 0 Å². The second-order valence-electron chi connectivity index (χ2n) is 8.63. The highest BCUT2D eigenvalue weighted by atomic mass is 35.5. The Morgan fingerprint density at radius 3 is 2.24 bits per heavy atom. The Bertz CT molecular complexity index is 1310. The van der Waals surface area contributed by atoms with Gasteiger partial charge in [0.05, 0.1) is 22.1 Å². The number of nitrogens with zero attached hydrogens (tertiary/aromatic N) is 4. The third-order valence-corrected chi connectivity index (χ3v) is 6.52. The van der Waals surface area contributed by atoms with Gasteiger partial charge in [0.1, 0.15) is 0 Å². The molecule has 0 bridgehead atoms. The van der Waals surface area contributed by atoms with Gasteiger partial charge in [-0.2, -0.15) is 0 Å². The molecule has 1 aliphatic heterocycles. The number of aryl methyl sites for hydroxylation is 1. The summed E-state index contributed by atoms with van der Waals surface area (Å²) in [5, 5.41) is 8.68. The fraction of sp³-hybridized carbons (Fsp3) is 0.250. The van der Waals surface area contributed by atoms with Gasteiger partial charge in [0.15, 0.2) is 5.84 Å². The highest BCUT2D eigenvalue weighted by Gasteiger charge is 2.60. The summed E-state index contributed by atoms with van der Waals surface area (Å²) in [4.78, 5) is 32.3. The number of anilines is 2. The van der Waals surface area contributed by atoms with Crippen LogP contribution in [0, 0.1) is 6.92 Å². The second kappa shape index (κ2) is 11.0.